The number of aromatic amines is 1. The summed E-state index contributed by atoms with van der Waals surface area (Å²) >= 11 is 0. The zero-order valence-electron chi connectivity index (χ0n) is 23.3. The fraction of sp³-hybridized carbons (Fsp3) is 0.586. The molecule has 2 unspecified atom stereocenters. The van der Waals surface area contributed by atoms with Gasteiger partial charge in [-0.15, -0.1) is 0 Å². The molecule has 3 atom stereocenters. The van der Waals surface area contributed by atoms with E-state index in [0.717, 1.165) is 29.5 Å². The molecule has 0 saturated heterocycles. The van der Waals surface area contributed by atoms with Crippen molar-refractivity contribution < 1.29 is 4.52 Å². The van der Waals surface area contributed by atoms with Crippen LogP contribution in [0.4, 0.5) is 5.82 Å². The van der Waals surface area contributed by atoms with Crippen LogP contribution >= 0.6 is 0 Å². The van der Waals surface area contributed by atoms with Crippen molar-refractivity contribution in [1.82, 2.24) is 34.6 Å². The third kappa shape index (κ3) is 5.08. The molecule has 2 fully saturated rings. The fourth-order valence-corrected chi connectivity index (χ4v) is 6.12. The molecule has 2 aliphatic carbocycles. The number of imidazole rings is 1. The number of pyridine rings is 1. The van der Waals surface area contributed by atoms with Gasteiger partial charge in [0.05, 0.1) is 0 Å². The van der Waals surface area contributed by atoms with Crippen molar-refractivity contribution in [2.24, 2.45) is 17.8 Å². The monoisotopic (exact) mass is 530 g/mol. The molecule has 4 aromatic heterocycles. The first-order chi connectivity index (χ1) is 18.9. The van der Waals surface area contributed by atoms with E-state index in [9.17, 15) is 4.79 Å². The number of hydrogen-bond donors (Lipinski definition) is 2. The molecule has 39 heavy (non-hydrogen) atoms. The summed E-state index contributed by atoms with van der Waals surface area (Å²) in [5.41, 5.74) is 3.49. The Morgan fingerprint density at radius 1 is 1.13 bits per heavy atom. The van der Waals surface area contributed by atoms with Crippen molar-refractivity contribution in [3.05, 3.63) is 34.4 Å². The Labute approximate surface area is 228 Å². The molecule has 0 bridgehead atoms. The first-order valence-electron chi connectivity index (χ1n) is 14.5. The first kappa shape index (κ1) is 25.7. The van der Waals surface area contributed by atoms with Crippen LogP contribution in [0.5, 0.6) is 0 Å². The maximum Gasteiger partial charge on any atom is 0.439 e. The average molecular weight is 531 g/mol. The number of aromatic nitrogens is 7. The van der Waals surface area contributed by atoms with E-state index < -0.39 is 5.76 Å². The van der Waals surface area contributed by atoms with E-state index in [1.807, 2.05) is 6.20 Å². The molecule has 10 nitrogen and oxygen atoms in total. The largest absolute Gasteiger partial charge is 0.439 e. The SMILES string of the molecule is CCC1CCC(Cn2c(-c3cc(C(C)C)ccn3)nc3nc(-c4noc(=O)[nH]4)nc(N[C@H](C)C4CCC4)c32)C1. The van der Waals surface area contributed by atoms with Gasteiger partial charge in [0.25, 0.3) is 0 Å². The maximum atomic E-state index is 11.7. The lowest BCUT2D eigenvalue weighted by Crippen LogP contribution is -2.31. The van der Waals surface area contributed by atoms with Crippen molar-refractivity contribution in [1.29, 1.82) is 0 Å². The lowest BCUT2D eigenvalue weighted by atomic mass is 9.80. The number of H-pyrrole nitrogens is 1. The second-order valence-electron chi connectivity index (χ2n) is 11.8. The highest BCUT2D eigenvalue weighted by molar-refractivity contribution is 5.88. The van der Waals surface area contributed by atoms with Gasteiger partial charge in [-0.1, -0.05) is 45.2 Å². The van der Waals surface area contributed by atoms with Crippen LogP contribution < -0.4 is 11.1 Å². The van der Waals surface area contributed by atoms with Gasteiger partial charge in [0.1, 0.15) is 11.2 Å². The third-order valence-corrected chi connectivity index (χ3v) is 8.82. The maximum absolute atomic E-state index is 11.7. The molecule has 4 heterocycles. The van der Waals surface area contributed by atoms with Crippen molar-refractivity contribution in [2.45, 2.75) is 91.1 Å². The second-order valence-corrected chi connectivity index (χ2v) is 11.8. The summed E-state index contributed by atoms with van der Waals surface area (Å²) in [7, 11) is 0. The molecule has 206 valence electrons. The molecule has 2 aliphatic rings. The van der Waals surface area contributed by atoms with Crippen LogP contribution in [0.1, 0.15) is 84.1 Å². The first-order valence-corrected chi connectivity index (χ1v) is 14.5. The summed E-state index contributed by atoms with van der Waals surface area (Å²) < 4.78 is 7.05. The summed E-state index contributed by atoms with van der Waals surface area (Å²) in [6, 6.07) is 4.45. The Balaban J connectivity index is 1.52. The molecular weight excluding hydrogens is 492 g/mol. The fourth-order valence-electron chi connectivity index (χ4n) is 6.12. The summed E-state index contributed by atoms with van der Waals surface area (Å²) in [5.74, 6) is 3.66. The van der Waals surface area contributed by atoms with Gasteiger partial charge in [-0.2, -0.15) is 0 Å². The Morgan fingerprint density at radius 3 is 2.62 bits per heavy atom. The average Bonchev–Trinajstić information content (AvgIpc) is 3.62. The van der Waals surface area contributed by atoms with Gasteiger partial charge in [0.15, 0.2) is 17.3 Å². The molecule has 6 rings (SSSR count). The van der Waals surface area contributed by atoms with Gasteiger partial charge in [0, 0.05) is 18.8 Å². The van der Waals surface area contributed by atoms with Gasteiger partial charge in [-0.25, -0.2) is 19.7 Å². The van der Waals surface area contributed by atoms with Crippen LogP contribution in [0.2, 0.25) is 0 Å². The number of nitrogens with zero attached hydrogens (tertiary/aromatic N) is 6. The van der Waals surface area contributed by atoms with Crippen LogP contribution in [0.3, 0.4) is 0 Å². The van der Waals surface area contributed by atoms with Crippen LogP contribution in [0.15, 0.2) is 27.6 Å². The van der Waals surface area contributed by atoms with Crippen molar-refractivity contribution in [3.63, 3.8) is 0 Å². The van der Waals surface area contributed by atoms with Crippen LogP contribution in [0.25, 0.3) is 34.3 Å². The normalized spacial score (nSPS) is 20.5. The number of fused-ring (bicyclic) bond motifs is 1. The highest BCUT2D eigenvalue weighted by atomic mass is 16.5. The summed E-state index contributed by atoms with van der Waals surface area (Å²) in [6.45, 7) is 9.72. The zero-order valence-corrected chi connectivity index (χ0v) is 23.3. The topological polar surface area (TPSA) is 127 Å². The van der Waals surface area contributed by atoms with Crippen molar-refractivity contribution in [3.8, 4) is 23.2 Å². The predicted octanol–water partition coefficient (Wildman–Crippen LogP) is 5.78. The van der Waals surface area contributed by atoms with E-state index in [-0.39, 0.29) is 17.7 Å². The molecule has 10 heteroatoms. The predicted molar refractivity (Wildman–Crippen MR) is 150 cm³/mol. The Hall–Kier alpha value is -3.56. The van der Waals surface area contributed by atoms with E-state index >= 15 is 0 Å². The van der Waals surface area contributed by atoms with Crippen LogP contribution in [0, 0.1) is 17.8 Å². The quantitative estimate of drug-likeness (QED) is 0.279. The Morgan fingerprint density at radius 2 is 1.95 bits per heavy atom. The Kier molecular flexibility index (Phi) is 6.95. The van der Waals surface area contributed by atoms with Gasteiger partial charge in [-0.05, 0) is 74.0 Å². The van der Waals surface area contributed by atoms with Gasteiger partial charge >= 0.3 is 5.76 Å². The third-order valence-electron chi connectivity index (χ3n) is 8.82. The van der Waals surface area contributed by atoms with Crippen molar-refractivity contribution >= 4 is 17.0 Å². The lowest BCUT2D eigenvalue weighted by molar-refractivity contribution is 0.285. The van der Waals surface area contributed by atoms with Gasteiger partial charge in [0.2, 0.25) is 11.6 Å². The standard InChI is InChI=1S/C29H38N8O2/c1-5-18-9-10-19(13-18)15-37-23-24(31-17(4)20-7-6-8-20)32-26(27-35-29(38)39-36-27)33-25(23)34-28(37)22-14-21(16(2)3)11-12-30-22/h11-12,14,16-20H,5-10,13,15H2,1-4H3,(H,31,32,33)(H,35,36,38)/t17-,18?,19?/m1/s1. The molecule has 4 aromatic rings. The van der Waals surface area contributed by atoms with Crippen LogP contribution in [-0.4, -0.2) is 40.7 Å². The minimum absolute atomic E-state index is 0.193. The van der Waals surface area contributed by atoms with E-state index in [2.05, 4.69) is 59.9 Å². The van der Waals surface area contributed by atoms with Crippen molar-refractivity contribution in [2.75, 3.05) is 5.32 Å². The molecule has 0 amide bonds. The lowest BCUT2D eigenvalue weighted by Gasteiger charge is -2.32. The minimum atomic E-state index is -0.640. The molecule has 2 saturated carbocycles. The zero-order chi connectivity index (χ0) is 27.1. The Bertz CT molecular complexity index is 1520. The highest BCUT2D eigenvalue weighted by Crippen LogP contribution is 2.38. The van der Waals surface area contributed by atoms with Gasteiger partial charge < -0.3 is 9.88 Å². The summed E-state index contributed by atoms with van der Waals surface area (Å²) in [6.07, 6.45) is 10.5. The van der Waals surface area contributed by atoms with E-state index in [1.165, 1.54) is 50.5 Å². The minimum Gasteiger partial charge on any atom is -0.365 e. The second kappa shape index (κ2) is 10.5. The van der Waals surface area contributed by atoms with E-state index in [0.29, 0.717) is 29.2 Å². The molecule has 0 spiro atoms. The van der Waals surface area contributed by atoms with Gasteiger partial charge in [-0.3, -0.25) is 14.5 Å². The summed E-state index contributed by atoms with van der Waals surface area (Å²) in [5, 5.41) is 7.55. The highest BCUT2D eigenvalue weighted by Gasteiger charge is 2.30. The summed E-state index contributed by atoms with van der Waals surface area (Å²) in [4.78, 5) is 33.8. The smallest absolute Gasteiger partial charge is 0.365 e. The number of hydrogen-bond acceptors (Lipinski definition) is 8. The molecule has 0 radical (unpaired) electrons. The number of anilines is 1. The molecule has 2 N–H and O–H groups in total. The number of rotatable bonds is 9. The molecule has 0 aliphatic heterocycles. The van der Waals surface area contributed by atoms with Crippen LogP contribution in [-0.2, 0) is 6.54 Å². The van der Waals surface area contributed by atoms with E-state index in [1.54, 1.807) is 0 Å². The number of nitrogens with one attached hydrogen (secondary N) is 2. The molecular formula is C29H38N8O2. The molecule has 0 aromatic carbocycles. The van der Waals surface area contributed by atoms with E-state index in [4.69, 9.17) is 24.5 Å².